The highest BCUT2D eigenvalue weighted by atomic mass is 32.2. The molecule has 28 heteroatoms. The molecule has 0 spiro atoms. The number of thiocarbonyl (C=S) groups is 1. The number of hydrogen-bond acceptors (Lipinski definition) is 22. The Bertz CT molecular complexity index is 3690. The highest BCUT2D eigenvalue weighted by Crippen LogP contribution is 2.55. The lowest BCUT2D eigenvalue weighted by molar-refractivity contribution is -0.140. The standard InChI is InChI=1S/C15H27N3.C13H24S.C11H21NO2S.C10H17NO2S.C9H20O2S2.C9H18O.C9H18S.C8H15N3.C8H19NS.C8H16OS.C8H18S.C7H15NO/c1-11(2)18-13-10-8-6-7-9-12(15(3,4)5)14(13)16-17-18;1-8(2)11-5-10-6-12(11)13(7-10)14-9(3)4;1-7(2)9(13)8(6-15)12-10(14)11(3,4)5;1-6(2)11-9(12)5-8(10(11)13)14-7(3)4;1-8(2)13(10,11)7-6-12-9(3,4)5;2*1-7(2)5-9(10)6-8(3)4;1-6(2)8-5-11(7(3)4)10-9-8;1-6(2)5-8(9)10-7(3)4;1-6(2)8(9)5-10-7(3)4;1-7(2)5-6-9-8(3)4;1-5(2)7(9)8-6(3)4/h11-12H,6-10H2,1-5H3;8-13H,5-7H2,1-4H3;7-8,15H,6H2,1-5H3,(H,12,14);6-8H,5H2,1-4H3;8H,6-7H2,1-5H3;2*7-8H,5-6H2,1-4H3;5-7H,1-4H3;6-8H,5,9H2,1-4H3;6-7H,5H2,1-4H3;7-8H,5-6H2,1-4H3;5-6H,1-4H3,(H,8,9)/t;10-,11?,12-,13?;;;;;;;;;;/m.0........../s1. The molecular weight excluding hydrogens is 1950 g/mol. The quantitative estimate of drug-likeness (QED) is 0.0210. The monoisotopic (exact) mass is 2180 g/mol. The molecule has 0 radical (unpaired) electrons. The number of fused-ring (bicyclic) bond motifs is 3. The summed E-state index contributed by atoms with van der Waals surface area (Å²) in [7, 11) is -2.84. The number of ketones is 3. The highest BCUT2D eigenvalue weighted by molar-refractivity contribution is 8.02. The highest BCUT2D eigenvalue weighted by Gasteiger charge is 2.47. The zero-order valence-corrected chi connectivity index (χ0v) is 109. The van der Waals surface area contributed by atoms with E-state index in [1.54, 1.807) is 55.6 Å². The summed E-state index contributed by atoms with van der Waals surface area (Å²) in [6, 6.07) is 0.615. The number of nitrogens with one attached hydrogen (secondary N) is 2. The number of amides is 4. The molecule has 6 unspecified atom stereocenters. The molecule has 2 bridgehead atoms. The predicted molar refractivity (Wildman–Crippen MR) is 647 cm³/mol. The summed E-state index contributed by atoms with van der Waals surface area (Å²) in [5.41, 5.74) is 9.38. The van der Waals surface area contributed by atoms with Gasteiger partial charge < -0.3 is 16.4 Å². The van der Waals surface area contributed by atoms with Crippen molar-refractivity contribution in [2.45, 2.75) is 544 Å². The van der Waals surface area contributed by atoms with Gasteiger partial charge in [-0.15, -0.1) is 33.7 Å². The first-order valence-corrected chi connectivity index (χ1v) is 63.6. The van der Waals surface area contributed by atoms with Gasteiger partial charge in [0.25, 0.3) is 0 Å². The average Bonchev–Trinajstić information content (AvgIpc) is 1.64. The summed E-state index contributed by atoms with van der Waals surface area (Å²) in [5, 5.41) is 26.7. The van der Waals surface area contributed by atoms with Gasteiger partial charge in [0.15, 0.2) is 15.6 Å². The van der Waals surface area contributed by atoms with Crippen LogP contribution in [0.1, 0.15) is 484 Å². The minimum absolute atomic E-state index is 0.00670. The van der Waals surface area contributed by atoms with Crippen molar-refractivity contribution in [1.29, 1.82) is 0 Å². The summed E-state index contributed by atoms with van der Waals surface area (Å²) < 4.78 is 27.0. The van der Waals surface area contributed by atoms with Crippen molar-refractivity contribution in [3.63, 3.8) is 0 Å². The van der Waals surface area contributed by atoms with E-state index < -0.39 is 21.3 Å². The van der Waals surface area contributed by atoms with Crippen LogP contribution in [0.15, 0.2) is 6.20 Å². The lowest BCUT2D eigenvalue weighted by Crippen LogP contribution is -2.48. The summed E-state index contributed by atoms with van der Waals surface area (Å²) in [5.74, 6) is 13.6. The number of sulfone groups is 1. The second-order valence-corrected chi connectivity index (χ2v) is 63.6. The van der Waals surface area contributed by atoms with Gasteiger partial charge >= 0.3 is 0 Å². The molecule has 1 aliphatic heterocycles. The fraction of sp³-hybridized carbons (Fsp3) is 0.896. The van der Waals surface area contributed by atoms with Crippen molar-refractivity contribution in [3.8, 4) is 0 Å². The number of aromatic nitrogens is 6. The molecule has 846 valence electrons. The lowest BCUT2D eigenvalue weighted by atomic mass is 9.74. The maximum atomic E-state index is 11.8. The van der Waals surface area contributed by atoms with Crippen LogP contribution in [-0.2, 0) is 49.8 Å². The third-order valence-electron chi connectivity index (χ3n) is 22.6. The van der Waals surface area contributed by atoms with Crippen molar-refractivity contribution >= 4 is 151 Å². The number of thioether (sulfide) groups is 6. The molecule has 4 N–H and O–H groups in total. The third-order valence-corrected chi connectivity index (χ3v) is 33.1. The maximum Gasteiger partial charge on any atom is 0.243 e. The Morgan fingerprint density at radius 3 is 1.41 bits per heavy atom. The van der Waals surface area contributed by atoms with Crippen LogP contribution in [0.5, 0.6) is 0 Å². The molecule has 8 atom stereocenters. The van der Waals surface area contributed by atoms with Crippen LogP contribution in [0.3, 0.4) is 0 Å². The van der Waals surface area contributed by atoms with Gasteiger partial charge in [0.1, 0.15) is 11.6 Å². The summed E-state index contributed by atoms with van der Waals surface area (Å²) in [6.07, 6.45) is 19.6. The van der Waals surface area contributed by atoms with Crippen molar-refractivity contribution in [2.24, 2.45) is 93.5 Å². The van der Waals surface area contributed by atoms with E-state index in [2.05, 4.69) is 307 Å². The molecule has 1 saturated heterocycles. The fourth-order valence-corrected chi connectivity index (χ4v) is 24.1. The molecule has 3 fully saturated rings. The topological polar surface area (TPSA) is 268 Å². The number of thiol groups is 1. The number of hydrogen-bond donors (Lipinski definition) is 4. The van der Waals surface area contributed by atoms with E-state index in [0.717, 1.165) is 107 Å². The number of carbonyl (C=O) groups is 7. The Morgan fingerprint density at radius 1 is 0.559 bits per heavy atom. The van der Waals surface area contributed by atoms with E-state index in [0.29, 0.717) is 97.9 Å². The minimum atomic E-state index is -2.84. The summed E-state index contributed by atoms with van der Waals surface area (Å²) >= 11 is 20.5. The number of nitrogens with zero attached hydrogens (tertiary/aromatic N) is 7. The predicted octanol–water partition coefficient (Wildman–Crippen LogP) is 31.2. The first-order valence-electron chi connectivity index (χ1n) is 55.0. The van der Waals surface area contributed by atoms with Gasteiger partial charge in [0, 0.05) is 105 Å². The lowest BCUT2D eigenvalue weighted by Gasteiger charge is -2.32. The molecule has 143 heavy (non-hydrogen) atoms. The van der Waals surface area contributed by atoms with Gasteiger partial charge in [-0.25, -0.2) is 17.8 Å². The Kier molecular flexibility index (Phi) is 84.5. The second-order valence-electron chi connectivity index (χ2n) is 49.4. The first kappa shape index (κ1) is 151. The number of imide groups is 1. The Hall–Kier alpha value is -2.18. The number of rotatable bonds is 39. The second kappa shape index (κ2) is 79.7. The van der Waals surface area contributed by atoms with E-state index in [9.17, 15) is 42.0 Å². The first-order chi connectivity index (χ1) is 65.1. The fourth-order valence-electron chi connectivity index (χ4n) is 15.0. The van der Waals surface area contributed by atoms with Gasteiger partial charge in [0.05, 0.1) is 50.5 Å². The van der Waals surface area contributed by atoms with Crippen molar-refractivity contribution < 1.29 is 42.0 Å². The van der Waals surface area contributed by atoms with E-state index in [1.165, 1.54) is 71.9 Å². The van der Waals surface area contributed by atoms with Crippen LogP contribution in [-0.4, -0.2) is 188 Å². The minimum Gasteiger partial charge on any atom is -0.354 e. The van der Waals surface area contributed by atoms with Crippen LogP contribution >= 0.6 is 95.4 Å². The molecule has 6 rings (SSSR count). The van der Waals surface area contributed by atoms with E-state index in [1.807, 2.05) is 126 Å². The SMILES string of the molecule is CC(C)C(=O)C(CS)NC(=O)C(C)(C)C.CC(C)CC(=O)CC(C)C.CC(C)CC(=S)CC(C)C.CC(C)CC(N)SC(C)C.CC(C)CCSC(C)C.CC(C)NC(=O)C(C)C.CC(C)S(=O)(=O)CCSC(C)(C)C.CC(C)SC1CC(=O)N(C(C)C)C1=O.CC(C)SC1C[C@H]2CC(C(C)C)[C@@H]1C2.CC(C)SCC(=O)C(C)C.CC(C)c1cn(C(C)C)nn1.CC(C)n1nnc2c1CCCCCC2C(C)(C)C. The van der Waals surface area contributed by atoms with Crippen LogP contribution < -0.4 is 16.4 Å². The van der Waals surface area contributed by atoms with Gasteiger partial charge in [-0.2, -0.15) is 59.7 Å². The molecule has 2 aromatic rings. The van der Waals surface area contributed by atoms with Crippen LogP contribution in [0, 0.1) is 87.8 Å². The zero-order valence-electron chi connectivity index (χ0n) is 102. The van der Waals surface area contributed by atoms with Crippen LogP contribution in [0.25, 0.3) is 0 Å². The van der Waals surface area contributed by atoms with Crippen LogP contribution in [0.4, 0.5) is 0 Å². The number of Topliss-reactive ketones (excluding diaryl/α,β-unsaturated/α-hetero) is 3. The Labute approximate surface area is 920 Å². The molecular formula is C115H228N10O9S9. The number of likely N-dealkylation sites (tertiary alicyclic amines) is 1. The summed E-state index contributed by atoms with van der Waals surface area (Å²) in [4.78, 5) is 82.2. The average molecular weight is 2180 g/mol. The summed E-state index contributed by atoms with van der Waals surface area (Å²) in [6.45, 7) is 107. The molecule has 19 nitrogen and oxygen atoms in total. The van der Waals surface area contributed by atoms with E-state index in [4.69, 9.17) is 18.0 Å². The van der Waals surface area contributed by atoms with E-state index in [-0.39, 0.29) is 79.9 Å². The third kappa shape index (κ3) is 79.5. The van der Waals surface area contributed by atoms with E-state index >= 15 is 0 Å². The van der Waals surface area contributed by atoms with Crippen LogP contribution in [0.2, 0.25) is 0 Å². The molecule has 2 saturated carbocycles. The van der Waals surface area contributed by atoms with Gasteiger partial charge in [-0.05, 0) is 236 Å². The Morgan fingerprint density at radius 2 is 1.07 bits per heavy atom. The van der Waals surface area contributed by atoms with Gasteiger partial charge in [-0.1, -0.05) is 319 Å². The largest absolute Gasteiger partial charge is 0.354 e. The molecule has 0 aromatic carbocycles. The number of nitrogens with two attached hydrogens (primary N) is 1. The van der Waals surface area contributed by atoms with Gasteiger partial charge in [0.2, 0.25) is 23.6 Å². The zero-order chi connectivity index (χ0) is 113. The molecule has 2 aromatic heterocycles. The van der Waals surface area contributed by atoms with Crippen molar-refractivity contribution in [1.82, 2.24) is 45.5 Å². The molecule has 4 aliphatic rings. The number of carbonyl (C=O) groups excluding carboxylic acids is 7. The molecule has 3 heterocycles. The molecule has 3 aliphatic carbocycles. The molecule has 4 amide bonds. The Balaban J connectivity index is -0.000000360. The van der Waals surface area contributed by atoms with Crippen molar-refractivity contribution in [2.75, 3.05) is 28.8 Å². The van der Waals surface area contributed by atoms with Gasteiger partial charge in [-0.3, -0.25) is 38.5 Å². The maximum absolute atomic E-state index is 11.8. The van der Waals surface area contributed by atoms with Crippen molar-refractivity contribution in [3.05, 3.63) is 23.3 Å². The normalized spacial score (nSPS) is 17.3. The smallest absolute Gasteiger partial charge is 0.243 e.